The minimum atomic E-state index is 0.912. The predicted octanol–water partition coefficient (Wildman–Crippen LogP) is 2.01. The lowest BCUT2D eigenvalue weighted by molar-refractivity contribution is 0.771. The number of terminal acetylenes is 1. The molecule has 0 nitrogen and oxygen atoms in total. The molecule has 0 saturated heterocycles. The third-order valence-corrected chi connectivity index (χ3v) is 0.821. The van der Waals surface area contributed by atoms with Gasteiger partial charge in [-0.25, -0.2) is 0 Å². The van der Waals surface area contributed by atoms with Crippen molar-refractivity contribution < 1.29 is 0 Å². The van der Waals surface area contributed by atoms with Gasteiger partial charge in [-0.3, -0.25) is 0 Å². The lowest BCUT2D eigenvalue weighted by atomic mass is 10.2. The van der Waals surface area contributed by atoms with Crippen LogP contribution in [0.4, 0.5) is 0 Å². The summed E-state index contributed by atoms with van der Waals surface area (Å²) in [5, 5.41) is 0. The van der Waals surface area contributed by atoms with E-state index in [9.17, 15) is 0 Å². The zero-order valence-corrected chi connectivity index (χ0v) is 4.61. The van der Waals surface area contributed by atoms with E-state index in [2.05, 4.69) is 12.8 Å². The highest BCUT2D eigenvalue weighted by Crippen LogP contribution is 1.95. The fourth-order valence-electron chi connectivity index (χ4n) is 0.404. The zero-order valence-electron chi connectivity index (χ0n) is 4.61. The van der Waals surface area contributed by atoms with Crippen LogP contribution in [-0.4, -0.2) is 0 Å². The standard InChI is InChI=1S/C7H11/c1-3-5-7-6-4-2/h1H,2,4-7H2. The van der Waals surface area contributed by atoms with Crippen LogP contribution in [0.2, 0.25) is 0 Å². The summed E-state index contributed by atoms with van der Waals surface area (Å²) in [4.78, 5) is 0. The Morgan fingerprint density at radius 3 is 2.57 bits per heavy atom. The van der Waals surface area contributed by atoms with Gasteiger partial charge in [0.25, 0.3) is 0 Å². The van der Waals surface area contributed by atoms with Crippen LogP contribution >= 0.6 is 0 Å². The summed E-state index contributed by atoms with van der Waals surface area (Å²) in [5.41, 5.74) is 0. The average molecular weight is 95.2 g/mol. The number of hydrogen-bond acceptors (Lipinski definition) is 0. The van der Waals surface area contributed by atoms with E-state index in [1.165, 1.54) is 6.42 Å². The lowest BCUT2D eigenvalue weighted by Gasteiger charge is -1.86. The van der Waals surface area contributed by atoms with Gasteiger partial charge in [0.2, 0.25) is 0 Å². The topological polar surface area (TPSA) is 0 Å². The number of unbranched alkanes of at least 4 members (excludes halogenated alkanes) is 3. The fourth-order valence-corrected chi connectivity index (χ4v) is 0.404. The summed E-state index contributed by atoms with van der Waals surface area (Å²) in [6.07, 6.45) is 9.24. The van der Waals surface area contributed by atoms with Crippen molar-refractivity contribution in [3.05, 3.63) is 6.92 Å². The number of hydrogen-bond donors (Lipinski definition) is 0. The maximum atomic E-state index is 5.00. The van der Waals surface area contributed by atoms with Crippen LogP contribution in [0.25, 0.3) is 0 Å². The molecule has 0 atom stereocenters. The largest absolute Gasteiger partial charge is 0.120 e. The van der Waals surface area contributed by atoms with Gasteiger partial charge >= 0.3 is 0 Å². The first-order valence-electron chi connectivity index (χ1n) is 2.64. The minimum Gasteiger partial charge on any atom is -0.120 e. The van der Waals surface area contributed by atoms with Crippen molar-refractivity contribution in [3.63, 3.8) is 0 Å². The molecule has 0 N–H and O–H groups in total. The molecule has 39 valence electrons. The van der Waals surface area contributed by atoms with E-state index in [0.717, 1.165) is 19.3 Å². The Hall–Kier alpha value is -0.440. The van der Waals surface area contributed by atoms with E-state index in [1.807, 2.05) is 0 Å². The Morgan fingerprint density at radius 2 is 2.14 bits per heavy atom. The van der Waals surface area contributed by atoms with Gasteiger partial charge in [-0.05, 0) is 6.42 Å². The third-order valence-electron chi connectivity index (χ3n) is 0.821. The molecular weight excluding hydrogens is 84.1 g/mol. The van der Waals surface area contributed by atoms with E-state index in [0.29, 0.717) is 0 Å². The van der Waals surface area contributed by atoms with Crippen LogP contribution in [-0.2, 0) is 0 Å². The molecule has 0 heteroatoms. The molecule has 0 unspecified atom stereocenters. The Bertz CT molecular complexity index is 56.9. The molecule has 0 aliphatic heterocycles. The molecule has 0 aliphatic carbocycles. The monoisotopic (exact) mass is 95.1 g/mol. The molecular formula is C7H11. The van der Waals surface area contributed by atoms with Crippen LogP contribution in [0.1, 0.15) is 25.7 Å². The van der Waals surface area contributed by atoms with Gasteiger partial charge in [0.1, 0.15) is 0 Å². The van der Waals surface area contributed by atoms with Crippen molar-refractivity contribution in [2.45, 2.75) is 25.7 Å². The van der Waals surface area contributed by atoms with Gasteiger partial charge < -0.3 is 0 Å². The van der Waals surface area contributed by atoms with Crippen molar-refractivity contribution in [2.75, 3.05) is 0 Å². The molecule has 0 bridgehead atoms. The first kappa shape index (κ1) is 6.56. The Kier molecular flexibility index (Phi) is 5.21. The highest BCUT2D eigenvalue weighted by Gasteiger charge is 1.77. The summed E-state index contributed by atoms with van der Waals surface area (Å²) in [7, 11) is 0. The van der Waals surface area contributed by atoms with Gasteiger partial charge in [0.05, 0.1) is 0 Å². The van der Waals surface area contributed by atoms with Gasteiger partial charge in [-0.1, -0.05) is 19.8 Å². The highest BCUT2D eigenvalue weighted by molar-refractivity contribution is 4.82. The van der Waals surface area contributed by atoms with E-state index < -0.39 is 0 Å². The molecule has 1 radical (unpaired) electrons. The Balaban J connectivity index is 2.60. The number of rotatable bonds is 3. The third kappa shape index (κ3) is 5.56. The van der Waals surface area contributed by atoms with E-state index in [1.54, 1.807) is 0 Å². The molecule has 0 aliphatic rings. The molecule has 0 fully saturated rings. The second-order valence-corrected chi connectivity index (χ2v) is 1.51. The molecule has 0 heterocycles. The second kappa shape index (κ2) is 5.56. The van der Waals surface area contributed by atoms with Crippen molar-refractivity contribution in [1.82, 2.24) is 0 Å². The summed E-state index contributed by atoms with van der Waals surface area (Å²) in [5.74, 6) is 2.57. The summed E-state index contributed by atoms with van der Waals surface area (Å²) in [6, 6.07) is 0. The first-order valence-corrected chi connectivity index (χ1v) is 2.64. The molecule has 0 saturated carbocycles. The summed E-state index contributed by atoms with van der Waals surface area (Å²) >= 11 is 0. The maximum Gasteiger partial charge on any atom is 0.00860 e. The molecule has 0 aromatic rings. The highest BCUT2D eigenvalue weighted by atomic mass is 13.8. The van der Waals surface area contributed by atoms with Crippen LogP contribution < -0.4 is 0 Å². The molecule has 0 spiro atoms. The van der Waals surface area contributed by atoms with Crippen molar-refractivity contribution in [2.24, 2.45) is 0 Å². The van der Waals surface area contributed by atoms with Crippen molar-refractivity contribution in [1.29, 1.82) is 0 Å². The molecule has 0 aromatic carbocycles. The van der Waals surface area contributed by atoms with Crippen LogP contribution in [0, 0.1) is 19.3 Å². The first-order chi connectivity index (χ1) is 3.41. The summed E-state index contributed by atoms with van der Waals surface area (Å²) < 4.78 is 0. The van der Waals surface area contributed by atoms with Gasteiger partial charge in [-0.2, -0.15) is 0 Å². The minimum absolute atomic E-state index is 0.912. The van der Waals surface area contributed by atoms with Gasteiger partial charge in [0, 0.05) is 6.42 Å². The fraction of sp³-hybridized carbons (Fsp3) is 0.571. The zero-order chi connectivity index (χ0) is 5.54. The van der Waals surface area contributed by atoms with Crippen LogP contribution in [0.15, 0.2) is 0 Å². The maximum absolute atomic E-state index is 5.00. The van der Waals surface area contributed by atoms with Crippen molar-refractivity contribution >= 4 is 0 Å². The molecule has 0 aromatic heterocycles. The SMILES string of the molecule is C#CCCCC[CH2]. The van der Waals surface area contributed by atoms with Crippen molar-refractivity contribution in [3.8, 4) is 12.3 Å². The van der Waals surface area contributed by atoms with Crippen LogP contribution in [0.5, 0.6) is 0 Å². The van der Waals surface area contributed by atoms with Gasteiger partial charge in [0.15, 0.2) is 0 Å². The van der Waals surface area contributed by atoms with Gasteiger partial charge in [-0.15, -0.1) is 12.3 Å². The quantitative estimate of drug-likeness (QED) is 0.371. The summed E-state index contributed by atoms with van der Waals surface area (Å²) in [6.45, 7) is 3.69. The molecule has 7 heavy (non-hydrogen) atoms. The molecule has 0 amide bonds. The smallest absolute Gasteiger partial charge is 0.00860 e. The Labute approximate surface area is 45.9 Å². The van der Waals surface area contributed by atoms with E-state index in [-0.39, 0.29) is 0 Å². The van der Waals surface area contributed by atoms with Crippen LogP contribution in [0.3, 0.4) is 0 Å². The normalized spacial score (nSPS) is 8.00. The average Bonchev–Trinajstić information content (AvgIpc) is 1.69. The van der Waals surface area contributed by atoms with E-state index in [4.69, 9.17) is 6.42 Å². The lowest BCUT2D eigenvalue weighted by Crippen LogP contribution is -1.68. The Morgan fingerprint density at radius 1 is 1.43 bits per heavy atom. The van der Waals surface area contributed by atoms with E-state index >= 15 is 0 Å². The predicted molar refractivity (Wildman–Crippen MR) is 32.7 cm³/mol. The molecule has 0 rings (SSSR count). The second-order valence-electron chi connectivity index (χ2n) is 1.51.